The standard InChI is InChI=1S/C18H13F3N4OS/c19-18(20,21)14-6-7-22-17(25-14)24-12-3-1-2-11(8-12)13-9-23-16(27-13)15(26)10-4-5-10/h1-3,6-10H,4-5H2,(H,22,24,25). The van der Waals surface area contributed by atoms with Crippen molar-refractivity contribution in [2.45, 2.75) is 19.0 Å². The van der Waals surface area contributed by atoms with Crippen molar-refractivity contribution in [2.24, 2.45) is 5.92 Å². The maximum atomic E-state index is 12.8. The molecule has 0 atom stereocenters. The quantitative estimate of drug-likeness (QED) is 0.624. The minimum Gasteiger partial charge on any atom is -0.324 e. The molecule has 0 spiro atoms. The molecular weight excluding hydrogens is 377 g/mol. The summed E-state index contributed by atoms with van der Waals surface area (Å²) in [4.78, 5) is 24.4. The van der Waals surface area contributed by atoms with Gasteiger partial charge in [-0.15, -0.1) is 11.3 Å². The molecule has 0 unspecified atom stereocenters. The molecule has 2 aromatic heterocycles. The van der Waals surface area contributed by atoms with Crippen LogP contribution in [0.3, 0.4) is 0 Å². The van der Waals surface area contributed by atoms with Crippen LogP contribution in [-0.2, 0) is 6.18 Å². The molecule has 0 radical (unpaired) electrons. The number of anilines is 2. The first-order chi connectivity index (χ1) is 12.9. The summed E-state index contributed by atoms with van der Waals surface area (Å²) in [6, 6.07) is 7.87. The van der Waals surface area contributed by atoms with Crippen LogP contribution in [0, 0.1) is 5.92 Å². The molecular formula is C18H13F3N4OS. The third kappa shape index (κ3) is 3.97. The van der Waals surface area contributed by atoms with Gasteiger partial charge in [-0.3, -0.25) is 4.79 Å². The average Bonchev–Trinajstić information content (AvgIpc) is 3.37. The SMILES string of the molecule is O=C(c1ncc(-c2cccc(Nc3nccc(C(F)(F)F)n3)c2)s1)C1CC1. The molecule has 5 nitrogen and oxygen atoms in total. The molecule has 4 rings (SSSR count). The molecule has 1 aromatic carbocycles. The number of alkyl halides is 3. The molecule has 1 aliphatic rings. The van der Waals surface area contributed by atoms with Gasteiger partial charge in [0.2, 0.25) is 5.95 Å². The number of carbonyl (C=O) groups is 1. The van der Waals surface area contributed by atoms with Crippen LogP contribution in [0.1, 0.15) is 28.3 Å². The molecule has 0 aliphatic heterocycles. The number of nitrogens with one attached hydrogen (secondary N) is 1. The Morgan fingerprint density at radius 3 is 2.74 bits per heavy atom. The van der Waals surface area contributed by atoms with E-state index in [9.17, 15) is 18.0 Å². The van der Waals surface area contributed by atoms with Crippen molar-refractivity contribution in [3.05, 3.63) is 53.4 Å². The van der Waals surface area contributed by atoms with Gasteiger partial charge in [0.1, 0.15) is 5.69 Å². The highest BCUT2D eigenvalue weighted by Crippen LogP contribution is 2.36. The second-order valence-corrected chi connectivity index (χ2v) is 7.17. The number of nitrogens with zero attached hydrogens (tertiary/aromatic N) is 3. The predicted molar refractivity (Wildman–Crippen MR) is 94.9 cm³/mol. The number of benzene rings is 1. The summed E-state index contributed by atoms with van der Waals surface area (Å²) in [6.45, 7) is 0. The van der Waals surface area contributed by atoms with Crippen molar-refractivity contribution in [3.63, 3.8) is 0 Å². The summed E-state index contributed by atoms with van der Waals surface area (Å²) in [5.74, 6) is 0.0452. The van der Waals surface area contributed by atoms with E-state index in [0.717, 1.165) is 35.5 Å². The van der Waals surface area contributed by atoms with Gasteiger partial charge in [-0.05, 0) is 36.6 Å². The Hall–Kier alpha value is -2.81. The Balaban J connectivity index is 1.55. The lowest BCUT2D eigenvalue weighted by molar-refractivity contribution is -0.141. The molecule has 3 aromatic rings. The van der Waals surface area contributed by atoms with E-state index in [4.69, 9.17) is 0 Å². The number of hydrogen-bond acceptors (Lipinski definition) is 6. The van der Waals surface area contributed by atoms with Gasteiger partial charge in [-0.2, -0.15) is 13.2 Å². The van der Waals surface area contributed by atoms with Gasteiger partial charge in [0.25, 0.3) is 0 Å². The van der Waals surface area contributed by atoms with Gasteiger partial charge < -0.3 is 5.32 Å². The number of carbonyl (C=O) groups excluding carboxylic acids is 1. The number of hydrogen-bond donors (Lipinski definition) is 1. The van der Waals surface area contributed by atoms with E-state index in [1.807, 2.05) is 6.07 Å². The van der Waals surface area contributed by atoms with Crippen LogP contribution in [0.2, 0.25) is 0 Å². The van der Waals surface area contributed by atoms with E-state index in [2.05, 4.69) is 20.3 Å². The highest BCUT2D eigenvalue weighted by molar-refractivity contribution is 7.17. The molecule has 138 valence electrons. The fourth-order valence-corrected chi connectivity index (χ4v) is 3.43. The maximum absolute atomic E-state index is 12.8. The van der Waals surface area contributed by atoms with E-state index < -0.39 is 11.9 Å². The Kier molecular flexibility index (Phi) is 4.39. The molecule has 1 saturated carbocycles. The Morgan fingerprint density at radius 1 is 1.19 bits per heavy atom. The summed E-state index contributed by atoms with van der Waals surface area (Å²) in [6.07, 6.45) is 0.00374. The Bertz CT molecular complexity index is 998. The number of thiazole rings is 1. The first-order valence-electron chi connectivity index (χ1n) is 8.18. The van der Waals surface area contributed by atoms with Crippen molar-refractivity contribution in [1.29, 1.82) is 0 Å². The molecule has 0 amide bonds. The van der Waals surface area contributed by atoms with Gasteiger partial charge in [-0.25, -0.2) is 15.0 Å². The van der Waals surface area contributed by atoms with Crippen LogP contribution in [0.5, 0.6) is 0 Å². The zero-order valence-electron chi connectivity index (χ0n) is 13.8. The molecule has 1 fully saturated rings. The van der Waals surface area contributed by atoms with Crippen molar-refractivity contribution < 1.29 is 18.0 Å². The normalized spacial score (nSPS) is 14.2. The van der Waals surface area contributed by atoms with Crippen LogP contribution < -0.4 is 5.32 Å². The average molecular weight is 390 g/mol. The van der Waals surface area contributed by atoms with Gasteiger partial charge in [-0.1, -0.05) is 12.1 Å². The molecule has 2 heterocycles. The van der Waals surface area contributed by atoms with E-state index in [1.54, 1.807) is 24.4 Å². The summed E-state index contributed by atoms with van der Waals surface area (Å²) in [7, 11) is 0. The van der Waals surface area contributed by atoms with Crippen LogP contribution >= 0.6 is 11.3 Å². The molecule has 1 N–H and O–H groups in total. The highest BCUT2D eigenvalue weighted by Gasteiger charge is 2.33. The summed E-state index contributed by atoms with van der Waals surface area (Å²) in [5.41, 5.74) is 0.330. The Morgan fingerprint density at radius 2 is 2.00 bits per heavy atom. The van der Waals surface area contributed by atoms with Gasteiger partial charge in [0.05, 0.1) is 4.88 Å². The third-order valence-electron chi connectivity index (χ3n) is 4.01. The van der Waals surface area contributed by atoms with Crippen molar-refractivity contribution in [3.8, 4) is 10.4 Å². The fraction of sp³-hybridized carbons (Fsp3) is 0.222. The van der Waals surface area contributed by atoms with Gasteiger partial charge in [0.15, 0.2) is 10.8 Å². The fourth-order valence-electron chi connectivity index (χ4n) is 2.50. The first-order valence-corrected chi connectivity index (χ1v) is 8.99. The van der Waals surface area contributed by atoms with Crippen LogP contribution in [-0.4, -0.2) is 20.7 Å². The first kappa shape index (κ1) is 17.6. The van der Waals surface area contributed by atoms with Crippen molar-refractivity contribution in [1.82, 2.24) is 15.0 Å². The summed E-state index contributed by atoms with van der Waals surface area (Å²) in [5, 5.41) is 3.27. The third-order valence-corrected chi connectivity index (χ3v) is 5.07. The minimum absolute atomic E-state index is 0.0814. The van der Waals surface area contributed by atoms with E-state index in [0.29, 0.717) is 10.7 Å². The second-order valence-electron chi connectivity index (χ2n) is 6.14. The van der Waals surface area contributed by atoms with E-state index in [1.165, 1.54) is 11.3 Å². The van der Waals surface area contributed by atoms with Crippen molar-refractivity contribution >= 4 is 28.8 Å². The van der Waals surface area contributed by atoms with E-state index in [-0.39, 0.29) is 17.6 Å². The lowest BCUT2D eigenvalue weighted by atomic mass is 10.2. The largest absolute Gasteiger partial charge is 0.433 e. The number of ketones is 1. The van der Waals surface area contributed by atoms with E-state index >= 15 is 0 Å². The predicted octanol–water partition coefficient (Wildman–Crippen LogP) is 4.96. The molecule has 0 bridgehead atoms. The zero-order valence-corrected chi connectivity index (χ0v) is 14.6. The van der Waals surface area contributed by atoms with Gasteiger partial charge in [0, 0.05) is 24.0 Å². The monoisotopic (exact) mass is 390 g/mol. The number of halogens is 3. The molecule has 27 heavy (non-hydrogen) atoms. The summed E-state index contributed by atoms with van der Waals surface area (Å²) < 4.78 is 38.3. The lowest BCUT2D eigenvalue weighted by Gasteiger charge is -2.09. The van der Waals surface area contributed by atoms with Crippen LogP contribution in [0.25, 0.3) is 10.4 Å². The zero-order chi connectivity index (χ0) is 19.0. The van der Waals surface area contributed by atoms with Crippen molar-refractivity contribution in [2.75, 3.05) is 5.32 Å². The maximum Gasteiger partial charge on any atom is 0.433 e. The Labute approximate surface area is 156 Å². The number of rotatable bonds is 5. The highest BCUT2D eigenvalue weighted by atomic mass is 32.1. The lowest BCUT2D eigenvalue weighted by Crippen LogP contribution is -2.10. The molecule has 9 heteroatoms. The smallest absolute Gasteiger partial charge is 0.324 e. The number of Topliss-reactive ketones (excluding diaryl/α,β-unsaturated/α-hetero) is 1. The molecule has 1 aliphatic carbocycles. The minimum atomic E-state index is -4.53. The van der Waals surface area contributed by atoms with Crippen LogP contribution in [0.4, 0.5) is 24.8 Å². The summed E-state index contributed by atoms with van der Waals surface area (Å²) >= 11 is 1.31. The van der Waals surface area contributed by atoms with Gasteiger partial charge >= 0.3 is 6.18 Å². The topological polar surface area (TPSA) is 67.8 Å². The van der Waals surface area contributed by atoms with Crippen LogP contribution in [0.15, 0.2) is 42.7 Å². The second kappa shape index (κ2) is 6.73. The molecule has 0 saturated heterocycles. The number of aromatic nitrogens is 3.